The van der Waals surface area contributed by atoms with Crippen molar-refractivity contribution in [1.29, 1.82) is 0 Å². The Balaban J connectivity index is 1.98. The lowest BCUT2D eigenvalue weighted by molar-refractivity contribution is -0.0294. The number of pyridine rings is 1. The first-order chi connectivity index (χ1) is 14.0. The van der Waals surface area contributed by atoms with E-state index in [1.807, 2.05) is 25.1 Å². The SMILES string of the molecule is C#Cc1ccc(Nc2c(C(=O)NOCC(O)CO)c3cccnc3n2C)c(C)c1. The van der Waals surface area contributed by atoms with Crippen LogP contribution in [0.15, 0.2) is 36.5 Å². The number of nitrogens with zero attached hydrogens (tertiary/aromatic N) is 2. The molecule has 0 spiro atoms. The third kappa shape index (κ3) is 4.22. The largest absolute Gasteiger partial charge is 0.394 e. The summed E-state index contributed by atoms with van der Waals surface area (Å²) in [7, 11) is 1.80. The number of aliphatic hydroxyl groups is 2. The summed E-state index contributed by atoms with van der Waals surface area (Å²) in [6.45, 7) is 1.22. The summed E-state index contributed by atoms with van der Waals surface area (Å²) in [5, 5.41) is 22.2. The van der Waals surface area contributed by atoms with Crippen LogP contribution in [-0.2, 0) is 11.9 Å². The fourth-order valence-electron chi connectivity index (χ4n) is 2.97. The van der Waals surface area contributed by atoms with E-state index in [0.29, 0.717) is 22.4 Å². The number of anilines is 2. The number of aliphatic hydroxyl groups excluding tert-OH is 2. The van der Waals surface area contributed by atoms with Gasteiger partial charge in [0.15, 0.2) is 0 Å². The third-order valence-electron chi connectivity index (χ3n) is 4.47. The van der Waals surface area contributed by atoms with Crippen LogP contribution in [0.2, 0.25) is 0 Å². The van der Waals surface area contributed by atoms with E-state index in [2.05, 4.69) is 21.7 Å². The van der Waals surface area contributed by atoms with E-state index in [-0.39, 0.29) is 6.61 Å². The molecule has 8 heteroatoms. The van der Waals surface area contributed by atoms with Crippen molar-refractivity contribution in [2.45, 2.75) is 13.0 Å². The predicted octanol–water partition coefficient (Wildman–Crippen LogP) is 1.62. The first-order valence-corrected chi connectivity index (χ1v) is 8.95. The molecular formula is C21H22N4O4. The molecule has 0 fully saturated rings. The molecule has 1 atom stereocenters. The monoisotopic (exact) mass is 394 g/mol. The van der Waals surface area contributed by atoms with Gasteiger partial charge < -0.3 is 20.1 Å². The summed E-state index contributed by atoms with van der Waals surface area (Å²) in [6.07, 6.45) is 6.02. The van der Waals surface area contributed by atoms with Crippen molar-refractivity contribution in [2.24, 2.45) is 7.05 Å². The second-order valence-corrected chi connectivity index (χ2v) is 6.53. The third-order valence-corrected chi connectivity index (χ3v) is 4.47. The number of hydroxylamine groups is 1. The van der Waals surface area contributed by atoms with Crippen molar-refractivity contribution in [1.82, 2.24) is 15.0 Å². The minimum Gasteiger partial charge on any atom is -0.394 e. The number of aryl methyl sites for hydroxylation is 2. The van der Waals surface area contributed by atoms with Crippen LogP contribution in [-0.4, -0.2) is 45.0 Å². The minimum atomic E-state index is -1.08. The average molecular weight is 394 g/mol. The molecular weight excluding hydrogens is 372 g/mol. The maximum absolute atomic E-state index is 12.9. The highest BCUT2D eigenvalue weighted by Gasteiger charge is 2.23. The lowest BCUT2D eigenvalue weighted by atomic mass is 10.1. The molecule has 1 amide bonds. The molecule has 150 valence electrons. The van der Waals surface area contributed by atoms with Gasteiger partial charge >= 0.3 is 0 Å². The number of hydrogen-bond acceptors (Lipinski definition) is 6. The van der Waals surface area contributed by atoms with Crippen molar-refractivity contribution < 1.29 is 19.8 Å². The second-order valence-electron chi connectivity index (χ2n) is 6.53. The van der Waals surface area contributed by atoms with Crippen LogP contribution in [0, 0.1) is 19.3 Å². The van der Waals surface area contributed by atoms with Gasteiger partial charge in [-0.05, 0) is 42.8 Å². The first kappa shape index (κ1) is 20.4. The van der Waals surface area contributed by atoms with Crippen molar-refractivity contribution in [3.63, 3.8) is 0 Å². The highest BCUT2D eigenvalue weighted by Crippen LogP contribution is 2.31. The fraction of sp³-hybridized carbons (Fsp3) is 0.238. The molecule has 3 aromatic rings. The molecule has 0 radical (unpaired) electrons. The number of hydrogen-bond donors (Lipinski definition) is 4. The van der Waals surface area contributed by atoms with Gasteiger partial charge in [-0.25, -0.2) is 10.5 Å². The number of fused-ring (bicyclic) bond motifs is 1. The standard InChI is InChI=1S/C21H22N4O4/c1-4-14-7-8-17(13(2)10-14)23-20-18(21(28)24-29-12-15(27)11-26)16-6-5-9-22-19(16)25(20)3/h1,5-10,15,23,26-27H,11-12H2,2-3H3,(H,24,28). The van der Waals surface area contributed by atoms with Gasteiger partial charge in [-0.15, -0.1) is 6.42 Å². The Morgan fingerprint density at radius 2 is 2.21 bits per heavy atom. The van der Waals surface area contributed by atoms with E-state index in [4.69, 9.17) is 16.4 Å². The maximum Gasteiger partial charge on any atom is 0.279 e. The normalized spacial score (nSPS) is 11.8. The molecule has 0 saturated heterocycles. The van der Waals surface area contributed by atoms with Crippen LogP contribution >= 0.6 is 0 Å². The molecule has 2 heterocycles. The number of amides is 1. The number of carbonyl (C=O) groups excluding carboxylic acids is 1. The van der Waals surface area contributed by atoms with Crippen molar-refractivity contribution in [3.8, 4) is 12.3 Å². The Kier molecular flexibility index (Phi) is 6.14. The smallest absolute Gasteiger partial charge is 0.279 e. The van der Waals surface area contributed by atoms with Gasteiger partial charge in [0.2, 0.25) is 0 Å². The lowest BCUT2D eigenvalue weighted by Gasteiger charge is -2.14. The van der Waals surface area contributed by atoms with E-state index in [1.54, 1.807) is 29.9 Å². The quantitative estimate of drug-likeness (QED) is 0.358. The Hall–Kier alpha value is -3.38. The van der Waals surface area contributed by atoms with Gasteiger partial charge in [0.1, 0.15) is 24.2 Å². The molecule has 29 heavy (non-hydrogen) atoms. The zero-order valence-corrected chi connectivity index (χ0v) is 16.1. The number of terminal acetylenes is 1. The molecule has 0 bridgehead atoms. The molecule has 0 aliphatic heterocycles. The van der Waals surface area contributed by atoms with Gasteiger partial charge in [-0.2, -0.15) is 0 Å². The Morgan fingerprint density at radius 3 is 2.90 bits per heavy atom. The molecule has 4 N–H and O–H groups in total. The molecule has 2 aromatic heterocycles. The van der Waals surface area contributed by atoms with E-state index in [1.165, 1.54) is 0 Å². The number of carbonyl (C=O) groups is 1. The Bertz CT molecular complexity index is 1080. The predicted molar refractivity (Wildman–Crippen MR) is 110 cm³/mol. The number of nitrogens with one attached hydrogen (secondary N) is 2. The van der Waals surface area contributed by atoms with Crippen LogP contribution in [0.25, 0.3) is 11.0 Å². The molecule has 1 aromatic carbocycles. The molecule has 3 rings (SSSR count). The van der Waals surface area contributed by atoms with Crippen LogP contribution in [0.5, 0.6) is 0 Å². The van der Waals surface area contributed by atoms with Gasteiger partial charge in [-0.1, -0.05) is 5.92 Å². The summed E-state index contributed by atoms with van der Waals surface area (Å²) in [4.78, 5) is 22.2. The van der Waals surface area contributed by atoms with Gasteiger partial charge in [0.05, 0.1) is 12.2 Å². The first-order valence-electron chi connectivity index (χ1n) is 8.95. The highest BCUT2D eigenvalue weighted by atomic mass is 16.7. The molecule has 8 nitrogen and oxygen atoms in total. The Morgan fingerprint density at radius 1 is 1.41 bits per heavy atom. The zero-order chi connectivity index (χ0) is 21.0. The number of rotatable bonds is 7. The van der Waals surface area contributed by atoms with E-state index in [9.17, 15) is 9.90 Å². The van der Waals surface area contributed by atoms with Crippen molar-refractivity contribution in [3.05, 3.63) is 53.2 Å². The highest BCUT2D eigenvalue weighted by molar-refractivity contribution is 6.11. The van der Waals surface area contributed by atoms with Crippen molar-refractivity contribution >= 4 is 28.4 Å². The molecule has 0 aliphatic rings. The summed E-state index contributed by atoms with van der Waals surface area (Å²) in [5.74, 6) is 2.62. The van der Waals surface area contributed by atoms with Gasteiger partial charge in [-0.3, -0.25) is 9.63 Å². The van der Waals surface area contributed by atoms with Crippen LogP contribution in [0.3, 0.4) is 0 Å². The van der Waals surface area contributed by atoms with Gasteiger partial charge in [0.25, 0.3) is 5.91 Å². The van der Waals surface area contributed by atoms with Gasteiger partial charge in [0, 0.05) is 29.9 Å². The number of aromatic nitrogens is 2. The molecule has 0 saturated carbocycles. The molecule has 0 aliphatic carbocycles. The van der Waals surface area contributed by atoms with Crippen LogP contribution < -0.4 is 10.8 Å². The van der Waals surface area contributed by atoms with E-state index < -0.39 is 18.6 Å². The summed E-state index contributed by atoms with van der Waals surface area (Å²) in [6, 6.07) is 9.08. The summed E-state index contributed by atoms with van der Waals surface area (Å²) in [5.41, 5.74) is 5.75. The Labute approximate surface area is 168 Å². The number of benzene rings is 1. The fourth-order valence-corrected chi connectivity index (χ4v) is 2.97. The molecule has 1 unspecified atom stereocenters. The summed E-state index contributed by atoms with van der Waals surface area (Å²) >= 11 is 0. The second kappa shape index (κ2) is 8.75. The lowest BCUT2D eigenvalue weighted by Crippen LogP contribution is -2.30. The topological polar surface area (TPSA) is 109 Å². The van der Waals surface area contributed by atoms with Crippen molar-refractivity contribution in [2.75, 3.05) is 18.5 Å². The van der Waals surface area contributed by atoms with Crippen LogP contribution in [0.1, 0.15) is 21.5 Å². The summed E-state index contributed by atoms with van der Waals surface area (Å²) < 4.78 is 1.78. The van der Waals surface area contributed by atoms with Crippen LogP contribution in [0.4, 0.5) is 11.5 Å². The zero-order valence-electron chi connectivity index (χ0n) is 16.1. The maximum atomic E-state index is 12.9. The minimum absolute atomic E-state index is 0.235. The van der Waals surface area contributed by atoms with E-state index >= 15 is 0 Å². The average Bonchev–Trinajstić information content (AvgIpc) is 3.01. The van der Waals surface area contributed by atoms with E-state index in [0.717, 1.165) is 16.8 Å².